The molecular weight excluding hydrogens is 586 g/mol. The Morgan fingerprint density at radius 1 is 1.07 bits per heavy atom. The van der Waals surface area contributed by atoms with Crippen molar-refractivity contribution in [2.45, 2.75) is 33.4 Å². The molecule has 1 atom stereocenters. The number of amides is 1. The summed E-state index contributed by atoms with van der Waals surface area (Å²) in [5.74, 6) is -2.56. The molecule has 12 heteroatoms. The van der Waals surface area contributed by atoms with Gasteiger partial charge in [0.25, 0.3) is 11.5 Å². The average molecular weight is 614 g/mol. The SMILES string of the molecule is CCOC(=O)c1sc(N2C(=O)C(=O)C(=C(O)c3ccc(OCc4ccccc4)c(C)c3)[C@H]2c2cccc([N+](=O)[O-])c2)nc1C. The first-order valence-corrected chi connectivity index (χ1v) is 14.4. The lowest BCUT2D eigenvalue weighted by Crippen LogP contribution is -2.29. The van der Waals surface area contributed by atoms with Crippen LogP contribution in [-0.2, 0) is 20.9 Å². The van der Waals surface area contributed by atoms with Gasteiger partial charge in [0.05, 0.1) is 28.8 Å². The number of carbonyl (C=O) groups is 3. The number of thiazole rings is 1. The number of nitro groups is 1. The number of carbonyl (C=O) groups excluding carboxylic acids is 3. The highest BCUT2D eigenvalue weighted by atomic mass is 32.1. The minimum Gasteiger partial charge on any atom is -0.507 e. The van der Waals surface area contributed by atoms with E-state index in [1.807, 2.05) is 30.3 Å². The molecule has 1 N–H and O–H groups in total. The fourth-order valence-corrected chi connectivity index (χ4v) is 5.86. The number of benzene rings is 3. The van der Waals surface area contributed by atoms with E-state index >= 15 is 0 Å². The average Bonchev–Trinajstić information content (AvgIpc) is 3.53. The number of aliphatic hydroxyl groups is 1. The monoisotopic (exact) mass is 613 g/mol. The molecule has 4 aromatic rings. The maximum Gasteiger partial charge on any atom is 0.350 e. The van der Waals surface area contributed by atoms with Gasteiger partial charge in [-0.05, 0) is 55.7 Å². The number of ketones is 1. The fraction of sp³-hybridized carbons (Fsp3) is 0.188. The summed E-state index contributed by atoms with van der Waals surface area (Å²) in [4.78, 5) is 56.2. The Morgan fingerprint density at radius 3 is 2.50 bits per heavy atom. The first-order valence-electron chi connectivity index (χ1n) is 13.6. The molecule has 0 radical (unpaired) electrons. The quantitative estimate of drug-likeness (QED) is 0.0594. The van der Waals surface area contributed by atoms with Crippen molar-refractivity contribution < 1.29 is 33.9 Å². The minimum atomic E-state index is -1.27. The maximum absolute atomic E-state index is 13.6. The summed E-state index contributed by atoms with van der Waals surface area (Å²) in [6.45, 7) is 5.45. The first kappa shape index (κ1) is 30.1. The number of nitrogens with zero attached hydrogens (tertiary/aromatic N) is 3. The Balaban J connectivity index is 1.60. The van der Waals surface area contributed by atoms with Crippen molar-refractivity contribution >= 4 is 45.6 Å². The van der Waals surface area contributed by atoms with Gasteiger partial charge in [0, 0.05) is 17.7 Å². The molecule has 1 aliphatic heterocycles. The molecule has 0 saturated carbocycles. The third-order valence-electron chi connectivity index (χ3n) is 6.98. The third-order valence-corrected chi connectivity index (χ3v) is 8.12. The number of anilines is 1. The van der Waals surface area contributed by atoms with Gasteiger partial charge in [-0.1, -0.05) is 53.8 Å². The lowest BCUT2D eigenvalue weighted by Gasteiger charge is -2.23. The highest BCUT2D eigenvalue weighted by Crippen LogP contribution is 2.44. The lowest BCUT2D eigenvalue weighted by molar-refractivity contribution is -0.384. The van der Waals surface area contributed by atoms with Crippen molar-refractivity contribution in [2.75, 3.05) is 11.5 Å². The lowest BCUT2D eigenvalue weighted by atomic mass is 9.94. The summed E-state index contributed by atoms with van der Waals surface area (Å²) in [6.07, 6.45) is 0. The summed E-state index contributed by atoms with van der Waals surface area (Å²) < 4.78 is 11.0. The van der Waals surface area contributed by atoms with Crippen LogP contribution in [0.3, 0.4) is 0 Å². The summed E-state index contributed by atoms with van der Waals surface area (Å²) in [7, 11) is 0. The molecule has 3 aromatic carbocycles. The molecule has 44 heavy (non-hydrogen) atoms. The minimum absolute atomic E-state index is 0.00375. The predicted octanol–water partition coefficient (Wildman–Crippen LogP) is 6.05. The van der Waals surface area contributed by atoms with Crippen LogP contribution in [0.25, 0.3) is 5.76 Å². The first-order chi connectivity index (χ1) is 21.1. The van der Waals surface area contributed by atoms with Crippen LogP contribution in [0.1, 0.15) is 50.6 Å². The Morgan fingerprint density at radius 2 is 1.82 bits per heavy atom. The van der Waals surface area contributed by atoms with Gasteiger partial charge in [0.1, 0.15) is 23.0 Å². The normalized spacial score (nSPS) is 15.8. The number of aryl methyl sites for hydroxylation is 2. The third kappa shape index (κ3) is 5.79. The maximum atomic E-state index is 13.6. The standard InChI is InChI=1S/C32H27N3O8S/c1-4-42-31(39)29-19(3)33-32(44-29)34-26(21-11-8-12-23(16-21)35(40)41)25(28(37)30(34)38)27(36)22-13-14-24(18(2)15-22)43-17-20-9-6-5-7-10-20/h5-16,26,36H,4,17H2,1-3H3/t26-/m1/s1. The van der Waals surface area contributed by atoms with E-state index < -0.39 is 34.4 Å². The Bertz CT molecular complexity index is 1820. The van der Waals surface area contributed by atoms with Crippen LogP contribution in [0, 0.1) is 24.0 Å². The zero-order valence-electron chi connectivity index (χ0n) is 24.0. The van der Waals surface area contributed by atoms with Crippen molar-refractivity contribution in [3.63, 3.8) is 0 Å². The van der Waals surface area contributed by atoms with Crippen LogP contribution < -0.4 is 9.64 Å². The van der Waals surface area contributed by atoms with Crippen LogP contribution in [0.2, 0.25) is 0 Å². The number of rotatable bonds is 9. The number of hydrogen-bond acceptors (Lipinski definition) is 10. The molecular formula is C32H27N3O8S. The Hall–Kier alpha value is -5.36. The van der Waals surface area contributed by atoms with E-state index in [0.717, 1.165) is 21.8 Å². The van der Waals surface area contributed by atoms with E-state index in [2.05, 4.69) is 4.98 Å². The number of ether oxygens (including phenoxy) is 2. The van der Waals surface area contributed by atoms with Gasteiger partial charge in [-0.2, -0.15) is 0 Å². The summed E-state index contributed by atoms with van der Waals surface area (Å²) in [5.41, 5.74) is 1.81. The van der Waals surface area contributed by atoms with Gasteiger partial charge in [-0.3, -0.25) is 24.6 Å². The molecule has 0 aliphatic carbocycles. The molecule has 1 aromatic heterocycles. The second-order valence-corrected chi connectivity index (χ2v) is 10.9. The van der Waals surface area contributed by atoms with Crippen molar-refractivity contribution in [1.29, 1.82) is 0 Å². The second-order valence-electron chi connectivity index (χ2n) is 9.91. The number of Topliss-reactive ketones (excluding diaryl/α,β-unsaturated/α-hetero) is 1. The summed E-state index contributed by atoms with van der Waals surface area (Å²) in [6, 6.07) is 18.6. The van der Waals surface area contributed by atoms with Crippen LogP contribution in [-0.4, -0.2) is 39.3 Å². The van der Waals surface area contributed by atoms with Crippen LogP contribution >= 0.6 is 11.3 Å². The van der Waals surface area contributed by atoms with E-state index in [9.17, 15) is 29.6 Å². The smallest absolute Gasteiger partial charge is 0.350 e. The van der Waals surface area contributed by atoms with Crippen molar-refractivity contribution in [1.82, 2.24) is 4.98 Å². The van der Waals surface area contributed by atoms with Gasteiger partial charge in [-0.25, -0.2) is 9.78 Å². The topological polar surface area (TPSA) is 149 Å². The summed E-state index contributed by atoms with van der Waals surface area (Å²) >= 11 is 0.850. The number of non-ortho nitro benzene ring substituents is 1. The van der Waals surface area contributed by atoms with E-state index in [4.69, 9.17) is 9.47 Å². The van der Waals surface area contributed by atoms with E-state index in [0.29, 0.717) is 17.9 Å². The van der Waals surface area contributed by atoms with Gasteiger partial charge in [-0.15, -0.1) is 0 Å². The van der Waals surface area contributed by atoms with E-state index in [1.54, 1.807) is 39.0 Å². The Kier molecular flexibility index (Phi) is 8.54. The van der Waals surface area contributed by atoms with E-state index in [-0.39, 0.29) is 44.7 Å². The summed E-state index contributed by atoms with van der Waals surface area (Å²) in [5, 5.41) is 23.1. The highest BCUT2D eigenvalue weighted by molar-refractivity contribution is 7.17. The molecule has 1 fully saturated rings. The van der Waals surface area contributed by atoms with Gasteiger partial charge in [0.2, 0.25) is 0 Å². The fourth-order valence-electron chi connectivity index (χ4n) is 4.87. The highest BCUT2D eigenvalue weighted by Gasteiger charge is 2.48. The second kappa shape index (κ2) is 12.5. The molecule has 0 bridgehead atoms. The zero-order valence-corrected chi connectivity index (χ0v) is 24.8. The van der Waals surface area contributed by atoms with Crippen LogP contribution in [0.5, 0.6) is 5.75 Å². The van der Waals surface area contributed by atoms with Gasteiger partial charge in [0.15, 0.2) is 5.13 Å². The molecule has 1 saturated heterocycles. The van der Waals surface area contributed by atoms with Gasteiger partial charge < -0.3 is 14.6 Å². The molecule has 11 nitrogen and oxygen atoms in total. The van der Waals surface area contributed by atoms with Gasteiger partial charge >= 0.3 is 11.9 Å². The van der Waals surface area contributed by atoms with Crippen molar-refractivity contribution in [3.05, 3.63) is 121 Å². The molecule has 224 valence electrons. The van der Waals surface area contributed by atoms with Crippen molar-refractivity contribution in [3.8, 4) is 5.75 Å². The molecule has 2 heterocycles. The van der Waals surface area contributed by atoms with Crippen LogP contribution in [0.15, 0.2) is 78.4 Å². The number of aliphatic hydroxyl groups excluding tert-OH is 1. The predicted molar refractivity (Wildman–Crippen MR) is 163 cm³/mol. The van der Waals surface area contributed by atoms with E-state index in [1.165, 1.54) is 24.3 Å². The van der Waals surface area contributed by atoms with Crippen LogP contribution in [0.4, 0.5) is 10.8 Å². The molecule has 0 unspecified atom stereocenters. The molecule has 0 spiro atoms. The van der Waals surface area contributed by atoms with Crippen molar-refractivity contribution in [2.24, 2.45) is 0 Å². The number of esters is 1. The largest absolute Gasteiger partial charge is 0.507 e. The number of aromatic nitrogens is 1. The number of nitro benzene ring substituents is 1. The molecule has 5 rings (SSSR count). The molecule has 1 amide bonds. The Labute approximate surface area is 256 Å². The molecule has 1 aliphatic rings. The number of hydrogen-bond donors (Lipinski definition) is 1. The zero-order chi connectivity index (χ0) is 31.5.